The molecule has 0 fully saturated rings. The number of carbonyl (C=O) groups is 3. The molecular weight excluding hydrogens is 238 g/mol. The van der Waals surface area contributed by atoms with E-state index in [1.165, 1.54) is 0 Å². The van der Waals surface area contributed by atoms with Crippen LogP contribution in [0.3, 0.4) is 0 Å². The number of terminal acetylenes is 1. The van der Waals surface area contributed by atoms with Gasteiger partial charge in [-0.15, -0.1) is 12.3 Å². The first-order valence-corrected chi connectivity index (χ1v) is 5.32. The zero-order chi connectivity index (χ0) is 14.3. The van der Waals surface area contributed by atoms with Crippen LogP contribution in [0.25, 0.3) is 0 Å². The number of carboxylic acids is 1. The third kappa shape index (κ3) is 5.21. The van der Waals surface area contributed by atoms with Crippen molar-refractivity contribution in [3.63, 3.8) is 0 Å². The highest BCUT2D eigenvalue weighted by molar-refractivity contribution is 5.90. The van der Waals surface area contributed by atoms with Crippen molar-refractivity contribution >= 4 is 17.9 Å². The van der Waals surface area contributed by atoms with Gasteiger partial charge in [0.05, 0.1) is 0 Å². The third-order valence-electron chi connectivity index (χ3n) is 2.18. The zero-order valence-corrected chi connectivity index (χ0v) is 10.3. The number of nitrogens with one attached hydrogen (secondary N) is 2. The molecule has 2 atom stereocenters. The van der Waals surface area contributed by atoms with Crippen LogP contribution >= 0.6 is 0 Å². The summed E-state index contributed by atoms with van der Waals surface area (Å²) in [5, 5.41) is 13.3. The fraction of sp³-hybridized carbons (Fsp3) is 0.545. The van der Waals surface area contributed by atoms with Crippen molar-refractivity contribution in [2.45, 2.75) is 32.4 Å². The van der Waals surface area contributed by atoms with Crippen LogP contribution in [0.1, 0.15) is 20.3 Å². The van der Waals surface area contributed by atoms with Gasteiger partial charge in [-0.25, -0.2) is 9.59 Å². The summed E-state index contributed by atoms with van der Waals surface area (Å²) in [6.07, 6.45) is 4.87. The van der Waals surface area contributed by atoms with E-state index < -0.39 is 30.0 Å². The average molecular weight is 255 g/mol. The van der Waals surface area contributed by atoms with Gasteiger partial charge in [0.25, 0.3) is 0 Å². The Kier molecular flexibility index (Phi) is 6.28. The fourth-order valence-corrected chi connectivity index (χ4v) is 1.27. The van der Waals surface area contributed by atoms with E-state index in [2.05, 4.69) is 16.6 Å². The Hall–Kier alpha value is -2.23. The van der Waals surface area contributed by atoms with Crippen LogP contribution in [0.2, 0.25) is 0 Å². The SMILES string of the molecule is C#CCC(NC(=O)C(NC(N)=O)C(C)C)C(=O)O. The van der Waals surface area contributed by atoms with Crippen LogP contribution in [-0.2, 0) is 9.59 Å². The zero-order valence-electron chi connectivity index (χ0n) is 10.3. The molecular formula is C11H17N3O4. The van der Waals surface area contributed by atoms with E-state index in [9.17, 15) is 14.4 Å². The molecule has 2 unspecified atom stereocenters. The number of rotatable bonds is 6. The van der Waals surface area contributed by atoms with E-state index in [0.717, 1.165) is 0 Å². The predicted octanol–water partition coefficient (Wildman–Crippen LogP) is -0.728. The molecule has 0 aliphatic heterocycles. The lowest BCUT2D eigenvalue weighted by Crippen LogP contribution is -2.54. The van der Waals surface area contributed by atoms with Gasteiger partial charge >= 0.3 is 12.0 Å². The Morgan fingerprint density at radius 2 is 1.89 bits per heavy atom. The maximum absolute atomic E-state index is 11.8. The summed E-state index contributed by atoms with van der Waals surface area (Å²) in [6, 6.07) is -2.94. The molecule has 7 heteroatoms. The molecule has 0 aromatic rings. The van der Waals surface area contributed by atoms with Gasteiger partial charge in [0.2, 0.25) is 5.91 Å². The topological polar surface area (TPSA) is 122 Å². The fourth-order valence-electron chi connectivity index (χ4n) is 1.27. The highest BCUT2D eigenvalue weighted by Gasteiger charge is 2.27. The van der Waals surface area contributed by atoms with Gasteiger partial charge in [0.1, 0.15) is 12.1 Å². The summed E-state index contributed by atoms with van der Waals surface area (Å²) < 4.78 is 0. The van der Waals surface area contributed by atoms with Crippen LogP contribution in [0.4, 0.5) is 4.79 Å². The number of primary amides is 1. The molecule has 0 aromatic heterocycles. The summed E-state index contributed by atoms with van der Waals surface area (Å²) in [4.78, 5) is 33.4. The molecule has 0 heterocycles. The van der Waals surface area contributed by atoms with Gasteiger partial charge < -0.3 is 21.5 Å². The number of urea groups is 1. The van der Waals surface area contributed by atoms with Crippen LogP contribution in [0.15, 0.2) is 0 Å². The first-order valence-electron chi connectivity index (χ1n) is 5.32. The summed E-state index contributed by atoms with van der Waals surface area (Å²) in [5.41, 5.74) is 4.94. The van der Waals surface area contributed by atoms with Gasteiger partial charge in [-0.05, 0) is 5.92 Å². The van der Waals surface area contributed by atoms with Crippen molar-refractivity contribution in [3.8, 4) is 12.3 Å². The lowest BCUT2D eigenvalue weighted by atomic mass is 10.0. The van der Waals surface area contributed by atoms with Crippen molar-refractivity contribution in [2.24, 2.45) is 11.7 Å². The quantitative estimate of drug-likeness (QED) is 0.467. The Labute approximate surface area is 105 Å². The van der Waals surface area contributed by atoms with Crippen LogP contribution < -0.4 is 16.4 Å². The number of aliphatic carboxylic acids is 1. The van der Waals surface area contributed by atoms with Crippen molar-refractivity contribution in [1.82, 2.24) is 10.6 Å². The van der Waals surface area contributed by atoms with Crippen molar-refractivity contribution in [2.75, 3.05) is 0 Å². The number of carboxylic acid groups (broad SMARTS) is 1. The summed E-state index contributed by atoms with van der Waals surface area (Å²) in [6.45, 7) is 3.38. The van der Waals surface area contributed by atoms with Gasteiger partial charge in [0, 0.05) is 6.42 Å². The minimum absolute atomic E-state index is 0.136. The van der Waals surface area contributed by atoms with Crippen LogP contribution in [0, 0.1) is 18.3 Å². The number of carbonyl (C=O) groups excluding carboxylic acids is 2. The van der Waals surface area contributed by atoms with E-state index in [0.29, 0.717) is 0 Å². The second kappa shape index (κ2) is 7.17. The maximum Gasteiger partial charge on any atom is 0.327 e. The summed E-state index contributed by atoms with van der Waals surface area (Å²) in [7, 11) is 0. The molecule has 3 amide bonds. The normalized spacial score (nSPS) is 13.2. The van der Waals surface area contributed by atoms with Crippen LogP contribution in [0.5, 0.6) is 0 Å². The molecule has 0 rings (SSSR count). The largest absolute Gasteiger partial charge is 0.480 e. The molecule has 0 saturated heterocycles. The standard InChI is InChI=1S/C11H17N3O4/c1-4-5-7(10(16)17)13-9(15)8(6(2)3)14-11(12)18/h1,6-8H,5H2,2-3H3,(H,13,15)(H,16,17)(H3,12,14,18). The Morgan fingerprint density at radius 1 is 1.33 bits per heavy atom. The lowest BCUT2D eigenvalue weighted by Gasteiger charge is -2.22. The minimum atomic E-state index is -1.23. The van der Waals surface area contributed by atoms with E-state index in [4.69, 9.17) is 17.3 Å². The molecule has 0 bridgehead atoms. The summed E-state index contributed by atoms with van der Waals surface area (Å²) in [5.74, 6) is 0.0513. The van der Waals surface area contributed by atoms with Gasteiger partial charge in [0.15, 0.2) is 0 Å². The molecule has 0 aromatic carbocycles. The van der Waals surface area contributed by atoms with E-state index >= 15 is 0 Å². The molecule has 7 nitrogen and oxygen atoms in total. The Balaban J connectivity index is 4.72. The molecule has 0 saturated carbocycles. The molecule has 0 aliphatic rings. The van der Waals surface area contributed by atoms with Gasteiger partial charge in [-0.1, -0.05) is 13.8 Å². The monoisotopic (exact) mass is 255 g/mol. The minimum Gasteiger partial charge on any atom is -0.480 e. The number of hydrogen-bond donors (Lipinski definition) is 4. The third-order valence-corrected chi connectivity index (χ3v) is 2.18. The lowest BCUT2D eigenvalue weighted by molar-refractivity contribution is -0.142. The van der Waals surface area contributed by atoms with Gasteiger partial charge in [-0.2, -0.15) is 0 Å². The molecule has 0 aliphatic carbocycles. The van der Waals surface area contributed by atoms with E-state index in [-0.39, 0.29) is 12.3 Å². The highest BCUT2D eigenvalue weighted by Crippen LogP contribution is 2.03. The smallest absolute Gasteiger partial charge is 0.327 e. The first-order chi connectivity index (χ1) is 8.29. The van der Waals surface area contributed by atoms with Crippen molar-refractivity contribution < 1.29 is 19.5 Å². The molecule has 0 spiro atoms. The van der Waals surface area contributed by atoms with Gasteiger partial charge in [-0.3, -0.25) is 4.79 Å². The first kappa shape index (κ1) is 15.8. The maximum atomic E-state index is 11.8. The Bertz CT molecular complexity index is 373. The second-order valence-electron chi connectivity index (χ2n) is 4.04. The molecule has 5 N–H and O–H groups in total. The molecule has 100 valence electrons. The Morgan fingerprint density at radius 3 is 2.22 bits per heavy atom. The average Bonchev–Trinajstić information content (AvgIpc) is 2.24. The van der Waals surface area contributed by atoms with Crippen molar-refractivity contribution in [3.05, 3.63) is 0 Å². The summed E-state index contributed by atoms with van der Waals surface area (Å²) >= 11 is 0. The van der Waals surface area contributed by atoms with Crippen molar-refractivity contribution in [1.29, 1.82) is 0 Å². The predicted molar refractivity (Wildman–Crippen MR) is 64.4 cm³/mol. The highest BCUT2D eigenvalue weighted by atomic mass is 16.4. The number of amides is 3. The van der Waals surface area contributed by atoms with Crippen LogP contribution in [-0.4, -0.2) is 35.1 Å². The second-order valence-corrected chi connectivity index (χ2v) is 4.04. The van der Waals surface area contributed by atoms with E-state index in [1.807, 2.05) is 0 Å². The number of nitrogens with two attached hydrogens (primary N) is 1. The number of hydrogen-bond acceptors (Lipinski definition) is 3. The van der Waals surface area contributed by atoms with E-state index in [1.54, 1.807) is 13.8 Å². The molecule has 0 radical (unpaired) electrons. The molecule has 18 heavy (non-hydrogen) atoms.